The molecule has 1 fully saturated rings. The number of hydrogen-bond acceptors (Lipinski definition) is 2. The van der Waals surface area contributed by atoms with E-state index in [1.165, 1.54) is 24.8 Å². The van der Waals surface area contributed by atoms with Gasteiger partial charge in [0.1, 0.15) is 6.61 Å². The molecule has 1 amide bonds. The van der Waals surface area contributed by atoms with Gasteiger partial charge >= 0.3 is 6.09 Å². The Labute approximate surface area is 83.8 Å². The highest BCUT2D eigenvalue weighted by Crippen LogP contribution is 2.18. The van der Waals surface area contributed by atoms with E-state index >= 15 is 0 Å². The summed E-state index contributed by atoms with van der Waals surface area (Å²) in [4.78, 5) is 10.7. The largest absolute Gasteiger partial charge is 0.447 e. The lowest BCUT2D eigenvalue weighted by molar-refractivity contribution is 0.177. The Hall–Kier alpha value is -1.25. The third kappa shape index (κ3) is 2.37. The predicted molar refractivity (Wildman–Crippen MR) is 54.0 cm³/mol. The van der Waals surface area contributed by atoms with Crippen molar-refractivity contribution in [1.82, 2.24) is 5.32 Å². The van der Waals surface area contributed by atoms with Crippen molar-refractivity contribution in [3.8, 4) is 0 Å². The third-order valence-corrected chi connectivity index (χ3v) is 2.57. The van der Waals surface area contributed by atoms with Crippen LogP contribution in [0.3, 0.4) is 0 Å². The van der Waals surface area contributed by atoms with E-state index in [0.717, 1.165) is 6.42 Å². The maximum Gasteiger partial charge on any atom is 0.407 e. The average Bonchev–Trinajstić information content (AvgIpc) is 2.63. The highest BCUT2D eigenvalue weighted by Gasteiger charge is 2.18. The molecule has 2 aliphatic rings. The lowest BCUT2D eigenvalue weighted by Gasteiger charge is -2.08. The first-order valence-corrected chi connectivity index (χ1v) is 5.15. The number of allylic oxidation sites excluding steroid dienone is 3. The lowest BCUT2D eigenvalue weighted by Crippen LogP contribution is -2.23. The minimum Gasteiger partial charge on any atom is -0.447 e. The first-order valence-electron chi connectivity index (χ1n) is 5.15. The van der Waals surface area contributed by atoms with Gasteiger partial charge in [-0.05, 0) is 25.7 Å². The van der Waals surface area contributed by atoms with Gasteiger partial charge in [-0.1, -0.05) is 23.8 Å². The van der Waals surface area contributed by atoms with Gasteiger partial charge in [-0.3, -0.25) is 0 Å². The summed E-state index contributed by atoms with van der Waals surface area (Å²) in [5.74, 6) is 0. The van der Waals surface area contributed by atoms with Crippen LogP contribution in [0.5, 0.6) is 0 Å². The van der Waals surface area contributed by atoms with Crippen molar-refractivity contribution in [2.45, 2.75) is 31.7 Å². The molecule has 0 aromatic carbocycles. The smallest absolute Gasteiger partial charge is 0.407 e. The molecular weight excluding hydrogens is 178 g/mol. The highest BCUT2D eigenvalue weighted by atomic mass is 16.6. The number of carbonyl (C=O) groups excluding carboxylic acids is 1. The number of rotatable bonds is 2. The van der Waals surface area contributed by atoms with Gasteiger partial charge in [0.05, 0.1) is 6.04 Å². The van der Waals surface area contributed by atoms with E-state index in [1.807, 2.05) is 6.08 Å². The van der Waals surface area contributed by atoms with Gasteiger partial charge in [0.25, 0.3) is 0 Å². The van der Waals surface area contributed by atoms with Crippen LogP contribution in [-0.2, 0) is 4.74 Å². The van der Waals surface area contributed by atoms with Crippen molar-refractivity contribution in [2.75, 3.05) is 6.61 Å². The van der Waals surface area contributed by atoms with E-state index in [1.54, 1.807) is 0 Å². The summed E-state index contributed by atoms with van der Waals surface area (Å²) >= 11 is 0. The zero-order chi connectivity index (χ0) is 9.80. The van der Waals surface area contributed by atoms with Crippen LogP contribution >= 0.6 is 0 Å². The SMILES string of the molecule is O=C1N[C@@H](/C=C/C2=CCCCC2)CO1. The summed E-state index contributed by atoms with van der Waals surface area (Å²) in [5.41, 5.74) is 1.39. The van der Waals surface area contributed by atoms with Crippen molar-refractivity contribution < 1.29 is 9.53 Å². The Kier molecular flexibility index (Phi) is 2.87. The summed E-state index contributed by atoms with van der Waals surface area (Å²) in [6.45, 7) is 0.461. The van der Waals surface area contributed by atoms with E-state index in [4.69, 9.17) is 4.74 Å². The molecule has 2 rings (SSSR count). The van der Waals surface area contributed by atoms with E-state index in [9.17, 15) is 4.79 Å². The second-order valence-corrected chi connectivity index (χ2v) is 3.73. The second-order valence-electron chi connectivity index (χ2n) is 3.73. The third-order valence-electron chi connectivity index (χ3n) is 2.57. The Bertz CT molecular complexity index is 281. The van der Waals surface area contributed by atoms with Crippen LogP contribution < -0.4 is 5.32 Å². The second kappa shape index (κ2) is 4.31. The molecule has 3 heteroatoms. The molecule has 1 aliphatic carbocycles. The molecule has 0 unspecified atom stereocenters. The molecule has 3 nitrogen and oxygen atoms in total. The molecule has 1 heterocycles. The van der Waals surface area contributed by atoms with Crippen molar-refractivity contribution in [1.29, 1.82) is 0 Å². The van der Waals surface area contributed by atoms with Crippen molar-refractivity contribution >= 4 is 6.09 Å². The van der Waals surface area contributed by atoms with Crippen molar-refractivity contribution in [3.05, 3.63) is 23.8 Å². The maximum atomic E-state index is 10.7. The Morgan fingerprint density at radius 2 is 2.43 bits per heavy atom. The Balaban J connectivity index is 1.86. The number of hydrogen-bond donors (Lipinski definition) is 1. The molecule has 0 bridgehead atoms. The molecule has 14 heavy (non-hydrogen) atoms. The van der Waals surface area contributed by atoms with Crippen LogP contribution in [0.1, 0.15) is 25.7 Å². The fourth-order valence-electron chi connectivity index (χ4n) is 1.76. The topological polar surface area (TPSA) is 38.3 Å². The zero-order valence-electron chi connectivity index (χ0n) is 8.16. The molecule has 1 atom stereocenters. The van der Waals surface area contributed by atoms with E-state index in [-0.39, 0.29) is 12.1 Å². The number of carbonyl (C=O) groups is 1. The quantitative estimate of drug-likeness (QED) is 0.729. The highest BCUT2D eigenvalue weighted by molar-refractivity contribution is 5.70. The minimum absolute atomic E-state index is 0.0605. The molecule has 0 aromatic heterocycles. The van der Waals surface area contributed by atoms with E-state index in [2.05, 4.69) is 17.5 Å². The van der Waals surface area contributed by atoms with Crippen molar-refractivity contribution in [3.63, 3.8) is 0 Å². The summed E-state index contributed by atoms with van der Waals surface area (Å²) in [5, 5.41) is 2.72. The van der Waals surface area contributed by atoms with Crippen LogP contribution in [-0.4, -0.2) is 18.7 Å². The summed E-state index contributed by atoms with van der Waals surface area (Å²) in [7, 11) is 0. The van der Waals surface area contributed by atoms with Gasteiger partial charge in [0, 0.05) is 0 Å². The standard InChI is InChI=1S/C11H15NO2/c13-11-12-10(8-14-11)7-6-9-4-2-1-3-5-9/h4,6-7,10H,1-3,5,8H2,(H,12,13)/b7-6+/t10-/m0/s1. The van der Waals surface area contributed by atoms with Crippen LogP contribution in [0, 0.1) is 0 Å². The molecular formula is C11H15NO2. The number of alkyl carbamates (subject to hydrolysis) is 1. The fourth-order valence-corrected chi connectivity index (χ4v) is 1.76. The number of ether oxygens (including phenoxy) is 1. The molecule has 0 saturated carbocycles. The molecule has 1 aliphatic heterocycles. The van der Waals surface area contributed by atoms with Gasteiger partial charge in [-0.25, -0.2) is 4.79 Å². The number of amides is 1. The molecule has 0 aromatic rings. The fraction of sp³-hybridized carbons (Fsp3) is 0.545. The Morgan fingerprint density at radius 3 is 3.07 bits per heavy atom. The van der Waals surface area contributed by atoms with Crippen LogP contribution in [0.15, 0.2) is 23.8 Å². The van der Waals surface area contributed by atoms with Crippen molar-refractivity contribution in [2.24, 2.45) is 0 Å². The first kappa shape index (κ1) is 9.31. The van der Waals surface area contributed by atoms with Crippen LogP contribution in [0.4, 0.5) is 4.79 Å². The summed E-state index contributed by atoms with van der Waals surface area (Å²) in [6.07, 6.45) is 11.0. The summed E-state index contributed by atoms with van der Waals surface area (Å²) < 4.78 is 4.78. The minimum atomic E-state index is -0.308. The molecule has 76 valence electrons. The zero-order valence-corrected chi connectivity index (χ0v) is 8.16. The molecule has 1 saturated heterocycles. The van der Waals surface area contributed by atoms with Gasteiger partial charge in [-0.15, -0.1) is 0 Å². The Morgan fingerprint density at radius 1 is 1.50 bits per heavy atom. The van der Waals surface area contributed by atoms with Gasteiger partial charge in [0.2, 0.25) is 0 Å². The van der Waals surface area contributed by atoms with Gasteiger partial charge < -0.3 is 10.1 Å². The van der Waals surface area contributed by atoms with E-state index < -0.39 is 0 Å². The monoisotopic (exact) mass is 193 g/mol. The normalized spacial score (nSPS) is 27.3. The summed E-state index contributed by atoms with van der Waals surface area (Å²) in [6, 6.07) is 0.0605. The van der Waals surface area contributed by atoms with Crippen LogP contribution in [0.2, 0.25) is 0 Å². The van der Waals surface area contributed by atoms with Gasteiger partial charge in [-0.2, -0.15) is 0 Å². The van der Waals surface area contributed by atoms with E-state index in [0.29, 0.717) is 6.61 Å². The maximum absolute atomic E-state index is 10.7. The molecule has 1 N–H and O–H groups in total. The average molecular weight is 193 g/mol. The predicted octanol–water partition coefficient (Wildman–Crippen LogP) is 2.15. The number of nitrogens with one attached hydrogen (secondary N) is 1. The molecule has 0 radical (unpaired) electrons. The lowest BCUT2D eigenvalue weighted by atomic mass is 9.99. The molecule has 0 spiro atoms. The number of cyclic esters (lactones) is 1. The first-order chi connectivity index (χ1) is 6.84. The van der Waals surface area contributed by atoms with Gasteiger partial charge in [0.15, 0.2) is 0 Å². The van der Waals surface area contributed by atoms with Crippen LogP contribution in [0.25, 0.3) is 0 Å².